The summed E-state index contributed by atoms with van der Waals surface area (Å²) in [5.74, 6) is 0.862. The highest BCUT2D eigenvalue weighted by Gasteiger charge is 2.03. The zero-order valence-electron chi connectivity index (χ0n) is 11.2. The topological polar surface area (TPSA) is 21.3 Å². The number of hydrogen-bond donors (Lipinski definition) is 1. The summed E-state index contributed by atoms with van der Waals surface area (Å²) in [5.41, 5.74) is 3.62. The number of methoxy groups -OCH3 is 1. The van der Waals surface area contributed by atoms with Gasteiger partial charge in [0.05, 0.1) is 7.11 Å². The molecule has 2 rings (SSSR count). The van der Waals surface area contributed by atoms with Crippen LogP contribution in [0.15, 0.2) is 42.5 Å². The lowest BCUT2D eigenvalue weighted by Crippen LogP contribution is -2.13. The number of ether oxygens (including phenoxy) is 1. The minimum Gasteiger partial charge on any atom is -0.496 e. The molecule has 0 spiro atoms. The summed E-state index contributed by atoms with van der Waals surface area (Å²) in [6, 6.07) is 14.2. The van der Waals surface area contributed by atoms with E-state index >= 15 is 0 Å². The average molecular weight is 276 g/mol. The van der Waals surface area contributed by atoms with Crippen LogP contribution in [0, 0.1) is 6.92 Å². The Balaban J connectivity index is 1.95. The van der Waals surface area contributed by atoms with Crippen molar-refractivity contribution in [1.82, 2.24) is 5.32 Å². The van der Waals surface area contributed by atoms with Crippen molar-refractivity contribution in [3.63, 3.8) is 0 Å². The Kier molecular flexibility index (Phi) is 4.83. The maximum absolute atomic E-state index is 6.00. The summed E-state index contributed by atoms with van der Waals surface area (Å²) in [7, 11) is 1.67. The largest absolute Gasteiger partial charge is 0.496 e. The van der Waals surface area contributed by atoms with E-state index in [0.29, 0.717) is 0 Å². The quantitative estimate of drug-likeness (QED) is 0.892. The maximum Gasteiger partial charge on any atom is 0.123 e. The molecule has 2 nitrogen and oxygen atoms in total. The van der Waals surface area contributed by atoms with Crippen molar-refractivity contribution in [1.29, 1.82) is 0 Å². The number of benzene rings is 2. The minimum atomic E-state index is 0.730. The van der Waals surface area contributed by atoms with Gasteiger partial charge >= 0.3 is 0 Å². The molecule has 0 aliphatic rings. The highest BCUT2D eigenvalue weighted by molar-refractivity contribution is 6.30. The predicted molar refractivity (Wildman–Crippen MR) is 79.7 cm³/mol. The smallest absolute Gasteiger partial charge is 0.123 e. The summed E-state index contributed by atoms with van der Waals surface area (Å²) in [6.45, 7) is 3.65. The van der Waals surface area contributed by atoms with Crippen LogP contribution < -0.4 is 10.1 Å². The summed E-state index contributed by atoms with van der Waals surface area (Å²) in [5, 5.41) is 4.13. The molecule has 0 fully saturated rings. The van der Waals surface area contributed by atoms with E-state index < -0.39 is 0 Å². The molecule has 0 amide bonds. The predicted octanol–water partition coefficient (Wildman–Crippen LogP) is 3.95. The van der Waals surface area contributed by atoms with Gasteiger partial charge in [-0.15, -0.1) is 0 Å². The lowest BCUT2D eigenvalue weighted by Gasteiger charge is -2.10. The van der Waals surface area contributed by atoms with Gasteiger partial charge in [-0.05, 0) is 30.7 Å². The minimum absolute atomic E-state index is 0.730. The first kappa shape index (κ1) is 13.9. The molecular weight excluding hydrogens is 258 g/mol. The number of rotatable bonds is 5. The molecule has 0 heterocycles. The van der Waals surface area contributed by atoms with Crippen LogP contribution in [0.1, 0.15) is 16.7 Å². The third-order valence-electron chi connectivity index (χ3n) is 3.01. The van der Waals surface area contributed by atoms with Gasteiger partial charge in [-0.2, -0.15) is 0 Å². The van der Waals surface area contributed by atoms with Crippen molar-refractivity contribution < 1.29 is 4.74 Å². The molecule has 0 radical (unpaired) electrons. The third-order valence-corrected chi connectivity index (χ3v) is 3.24. The molecule has 2 aromatic rings. The second-order valence-electron chi connectivity index (χ2n) is 4.55. The van der Waals surface area contributed by atoms with Crippen molar-refractivity contribution in [2.24, 2.45) is 0 Å². The van der Waals surface area contributed by atoms with Crippen LogP contribution in [0.25, 0.3) is 0 Å². The zero-order valence-corrected chi connectivity index (χ0v) is 12.0. The van der Waals surface area contributed by atoms with Gasteiger partial charge in [-0.1, -0.05) is 41.4 Å². The fraction of sp³-hybridized carbons (Fsp3) is 0.250. The molecular formula is C16H18ClNO. The number of nitrogens with one attached hydrogen (secondary N) is 1. The lowest BCUT2D eigenvalue weighted by atomic mass is 10.1. The fourth-order valence-corrected chi connectivity index (χ4v) is 2.13. The first-order valence-electron chi connectivity index (χ1n) is 6.27. The standard InChI is InChI=1S/C16H18ClNO/c1-12-3-5-13(6-4-12)10-18-11-14-9-15(17)7-8-16(14)19-2/h3-9,18H,10-11H2,1-2H3. The lowest BCUT2D eigenvalue weighted by molar-refractivity contribution is 0.407. The maximum atomic E-state index is 6.00. The summed E-state index contributed by atoms with van der Waals surface area (Å²) >= 11 is 6.00. The van der Waals surface area contributed by atoms with Gasteiger partial charge in [-0.25, -0.2) is 0 Å². The second-order valence-corrected chi connectivity index (χ2v) is 4.98. The van der Waals surface area contributed by atoms with Crippen molar-refractivity contribution >= 4 is 11.6 Å². The Labute approximate surface area is 119 Å². The zero-order chi connectivity index (χ0) is 13.7. The second kappa shape index (κ2) is 6.60. The van der Waals surface area contributed by atoms with E-state index in [9.17, 15) is 0 Å². The average Bonchev–Trinajstić information content (AvgIpc) is 2.41. The van der Waals surface area contributed by atoms with Gasteiger partial charge in [0.2, 0.25) is 0 Å². The monoisotopic (exact) mass is 275 g/mol. The van der Waals surface area contributed by atoms with Crippen LogP contribution in [0.3, 0.4) is 0 Å². The molecule has 0 saturated heterocycles. The van der Waals surface area contributed by atoms with E-state index in [4.69, 9.17) is 16.3 Å². The first-order valence-corrected chi connectivity index (χ1v) is 6.65. The van der Waals surface area contributed by atoms with Crippen LogP contribution in [0.5, 0.6) is 5.75 Å². The van der Waals surface area contributed by atoms with E-state index in [2.05, 4.69) is 36.5 Å². The molecule has 0 atom stereocenters. The van der Waals surface area contributed by atoms with Gasteiger partial charge in [0.15, 0.2) is 0 Å². The fourth-order valence-electron chi connectivity index (χ4n) is 1.93. The van der Waals surface area contributed by atoms with E-state index in [0.717, 1.165) is 29.4 Å². The van der Waals surface area contributed by atoms with Crippen LogP contribution in [-0.4, -0.2) is 7.11 Å². The first-order chi connectivity index (χ1) is 9.19. The molecule has 0 unspecified atom stereocenters. The molecule has 3 heteroatoms. The van der Waals surface area contributed by atoms with Crippen molar-refractivity contribution in [3.05, 3.63) is 64.2 Å². The van der Waals surface area contributed by atoms with Gasteiger partial charge < -0.3 is 10.1 Å². The molecule has 100 valence electrons. The van der Waals surface area contributed by atoms with Crippen molar-refractivity contribution in [2.45, 2.75) is 20.0 Å². The number of hydrogen-bond acceptors (Lipinski definition) is 2. The molecule has 0 bridgehead atoms. The van der Waals surface area contributed by atoms with Gasteiger partial charge in [0.25, 0.3) is 0 Å². The van der Waals surface area contributed by atoms with Gasteiger partial charge in [0, 0.05) is 23.7 Å². The summed E-state index contributed by atoms with van der Waals surface area (Å²) in [4.78, 5) is 0. The SMILES string of the molecule is COc1ccc(Cl)cc1CNCc1ccc(C)cc1. The van der Waals surface area contributed by atoms with Crippen molar-refractivity contribution in [2.75, 3.05) is 7.11 Å². The molecule has 0 saturated carbocycles. The Morgan fingerprint density at radius 3 is 2.47 bits per heavy atom. The van der Waals surface area contributed by atoms with Gasteiger partial charge in [0.1, 0.15) is 5.75 Å². The molecule has 0 aliphatic heterocycles. The molecule has 1 N–H and O–H groups in total. The summed E-state index contributed by atoms with van der Waals surface area (Å²) in [6.07, 6.45) is 0. The Morgan fingerprint density at radius 2 is 1.79 bits per heavy atom. The van der Waals surface area contributed by atoms with Crippen LogP contribution in [0.2, 0.25) is 5.02 Å². The Bertz CT molecular complexity index is 537. The number of aryl methyl sites for hydroxylation is 1. The highest BCUT2D eigenvalue weighted by Crippen LogP contribution is 2.22. The van der Waals surface area contributed by atoms with Crippen LogP contribution in [0.4, 0.5) is 0 Å². The molecule has 2 aromatic carbocycles. The van der Waals surface area contributed by atoms with E-state index in [1.807, 2.05) is 18.2 Å². The van der Waals surface area contributed by atoms with Gasteiger partial charge in [-0.3, -0.25) is 0 Å². The van der Waals surface area contributed by atoms with Crippen molar-refractivity contribution in [3.8, 4) is 5.75 Å². The molecule has 0 aliphatic carbocycles. The highest BCUT2D eigenvalue weighted by atomic mass is 35.5. The molecule has 19 heavy (non-hydrogen) atoms. The van der Waals surface area contributed by atoms with E-state index in [1.54, 1.807) is 7.11 Å². The molecule has 0 aromatic heterocycles. The van der Waals surface area contributed by atoms with E-state index in [1.165, 1.54) is 11.1 Å². The number of halogens is 1. The van der Waals surface area contributed by atoms with E-state index in [-0.39, 0.29) is 0 Å². The Morgan fingerprint density at radius 1 is 1.05 bits per heavy atom. The Hall–Kier alpha value is -1.51. The van der Waals surface area contributed by atoms with Crippen LogP contribution in [-0.2, 0) is 13.1 Å². The third kappa shape index (κ3) is 3.98. The van der Waals surface area contributed by atoms with Crippen LogP contribution >= 0.6 is 11.6 Å². The normalized spacial score (nSPS) is 10.5. The summed E-state index contributed by atoms with van der Waals surface area (Å²) < 4.78 is 5.32.